The summed E-state index contributed by atoms with van der Waals surface area (Å²) >= 11 is 5.16. The summed E-state index contributed by atoms with van der Waals surface area (Å²) in [6.07, 6.45) is 0. The molecule has 2 aromatic rings. The van der Waals surface area contributed by atoms with Crippen molar-refractivity contribution in [3.63, 3.8) is 0 Å². The number of hydrogen-bond donors (Lipinski definition) is 2. The fourth-order valence-electron chi connectivity index (χ4n) is 1.74. The van der Waals surface area contributed by atoms with Gasteiger partial charge in [-0.1, -0.05) is 6.07 Å². The van der Waals surface area contributed by atoms with Gasteiger partial charge in [0.1, 0.15) is 11.6 Å². The van der Waals surface area contributed by atoms with Gasteiger partial charge in [-0.2, -0.15) is 0 Å². The van der Waals surface area contributed by atoms with Crippen LogP contribution in [0.25, 0.3) is 0 Å². The lowest BCUT2D eigenvalue weighted by Gasteiger charge is -2.13. The Morgan fingerprint density at radius 2 is 1.70 bits per heavy atom. The molecule has 0 saturated heterocycles. The van der Waals surface area contributed by atoms with Crippen LogP contribution in [0.15, 0.2) is 36.4 Å². The third-order valence-corrected chi connectivity index (χ3v) is 3.07. The van der Waals surface area contributed by atoms with Crippen LogP contribution in [0.4, 0.5) is 20.2 Å². The van der Waals surface area contributed by atoms with Crippen LogP contribution in [-0.4, -0.2) is 5.11 Å². The average Bonchev–Trinajstić information content (AvgIpc) is 2.38. The van der Waals surface area contributed by atoms with E-state index < -0.39 is 0 Å². The molecule has 5 heteroatoms. The minimum atomic E-state index is -0.335. The van der Waals surface area contributed by atoms with Gasteiger partial charge in [0.25, 0.3) is 0 Å². The quantitative estimate of drug-likeness (QED) is 0.803. The number of nitrogens with one attached hydrogen (secondary N) is 2. The second kappa shape index (κ2) is 5.96. The normalized spacial score (nSPS) is 10.2. The highest BCUT2D eigenvalue weighted by molar-refractivity contribution is 7.80. The third-order valence-electron chi connectivity index (χ3n) is 2.86. The van der Waals surface area contributed by atoms with Crippen molar-refractivity contribution in [2.45, 2.75) is 13.8 Å². The minimum Gasteiger partial charge on any atom is -0.332 e. The first-order valence-corrected chi connectivity index (χ1v) is 6.47. The zero-order chi connectivity index (χ0) is 14.7. The molecule has 0 heterocycles. The highest BCUT2D eigenvalue weighted by Crippen LogP contribution is 2.17. The van der Waals surface area contributed by atoms with Gasteiger partial charge in [-0.15, -0.1) is 0 Å². The molecule has 2 aromatic carbocycles. The Balaban J connectivity index is 2.09. The van der Waals surface area contributed by atoms with Gasteiger partial charge in [-0.25, -0.2) is 8.78 Å². The van der Waals surface area contributed by atoms with E-state index in [0.717, 1.165) is 5.56 Å². The number of aryl methyl sites for hydroxylation is 2. The molecule has 0 aliphatic heterocycles. The first-order valence-electron chi connectivity index (χ1n) is 6.06. The van der Waals surface area contributed by atoms with Crippen molar-refractivity contribution in [1.82, 2.24) is 0 Å². The van der Waals surface area contributed by atoms with Gasteiger partial charge in [0.2, 0.25) is 0 Å². The monoisotopic (exact) mass is 292 g/mol. The smallest absolute Gasteiger partial charge is 0.175 e. The fraction of sp³-hybridized carbons (Fsp3) is 0.133. The Labute approximate surface area is 121 Å². The van der Waals surface area contributed by atoms with Gasteiger partial charge in [0.15, 0.2) is 5.11 Å². The zero-order valence-corrected chi connectivity index (χ0v) is 11.9. The molecule has 0 aliphatic carbocycles. The number of anilines is 2. The number of thiocarbonyl (C=S) groups is 1. The summed E-state index contributed by atoms with van der Waals surface area (Å²) in [6, 6.07) is 9.05. The van der Waals surface area contributed by atoms with Crippen molar-refractivity contribution in [3.05, 3.63) is 59.2 Å². The first kappa shape index (κ1) is 14.4. The Bertz CT molecular complexity index is 656. The topological polar surface area (TPSA) is 24.1 Å². The van der Waals surface area contributed by atoms with Gasteiger partial charge in [-0.3, -0.25) is 0 Å². The Morgan fingerprint density at radius 1 is 0.950 bits per heavy atom. The highest BCUT2D eigenvalue weighted by atomic mass is 32.1. The summed E-state index contributed by atoms with van der Waals surface area (Å²) in [5.41, 5.74) is 2.68. The molecule has 0 aliphatic rings. The van der Waals surface area contributed by atoms with Crippen LogP contribution in [-0.2, 0) is 0 Å². The largest absolute Gasteiger partial charge is 0.332 e. The first-order chi connectivity index (χ1) is 9.45. The fourth-order valence-corrected chi connectivity index (χ4v) is 1.96. The number of rotatable bonds is 2. The average molecular weight is 292 g/mol. The molecular weight excluding hydrogens is 278 g/mol. The SMILES string of the molecule is Cc1cc(NC(=S)Nc2cc(F)ccc2C)ccc1F. The molecule has 104 valence electrons. The van der Waals surface area contributed by atoms with E-state index in [1.165, 1.54) is 18.2 Å². The Morgan fingerprint density at radius 3 is 2.40 bits per heavy atom. The number of benzene rings is 2. The maximum atomic E-state index is 13.2. The highest BCUT2D eigenvalue weighted by Gasteiger charge is 2.04. The van der Waals surface area contributed by atoms with E-state index in [9.17, 15) is 8.78 Å². The van der Waals surface area contributed by atoms with E-state index in [4.69, 9.17) is 12.2 Å². The zero-order valence-electron chi connectivity index (χ0n) is 11.1. The van der Waals surface area contributed by atoms with Gasteiger partial charge < -0.3 is 10.6 Å². The summed E-state index contributed by atoms with van der Waals surface area (Å²) < 4.78 is 26.3. The molecule has 20 heavy (non-hydrogen) atoms. The maximum Gasteiger partial charge on any atom is 0.175 e. The van der Waals surface area contributed by atoms with E-state index in [1.807, 2.05) is 6.92 Å². The Hall–Kier alpha value is -2.01. The molecular formula is C15H14F2N2S. The second-order valence-corrected chi connectivity index (χ2v) is 4.91. The summed E-state index contributed by atoms with van der Waals surface area (Å²) in [7, 11) is 0. The molecule has 0 aromatic heterocycles. The van der Waals surface area contributed by atoms with Crippen molar-refractivity contribution in [3.8, 4) is 0 Å². The molecule has 0 bridgehead atoms. The summed E-state index contributed by atoms with van der Waals surface area (Å²) in [4.78, 5) is 0. The van der Waals surface area contributed by atoms with E-state index in [0.29, 0.717) is 22.1 Å². The van der Waals surface area contributed by atoms with Crippen molar-refractivity contribution in [2.24, 2.45) is 0 Å². The molecule has 2 rings (SSSR count). The van der Waals surface area contributed by atoms with Crippen molar-refractivity contribution >= 4 is 28.7 Å². The van der Waals surface area contributed by atoms with E-state index in [2.05, 4.69) is 10.6 Å². The van der Waals surface area contributed by atoms with Gasteiger partial charge in [0, 0.05) is 11.4 Å². The van der Waals surface area contributed by atoms with Crippen LogP contribution >= 0.6 is 12.2 Å². The van der Waals surface area contributed by atoms with Crippen LogP contribution in [0, 0.1) is 25.5 Å². The molecule has 0 spiro atoms. The lowest BCUT2D eigenvalue weighted by molar-refractivity contribution is 0.619. The summed E-state index contributed by atoms with van der Waals surface area (Å²) in [5.74, 6) is -0.603. The predicted octanol–water partition coefficient (Wildman–Crippen LogP) is 4.39. The molecule has 2 N–H and O–H groups in total. The van der Waals surface area contributed by atoms with Crippen LogP contribution < -0.4 is 10.6 Å². The molecule has 2 nitrogen and oxygen atoms in total. The third kappa shape index (κ3) is 3.51. The van der Waals surface area contributed by atoms with E-state index in [-0.39, 0.29) is 11.6 Å². The molecule has 0 fully saturated rings. The van der Waals surface area contributed by atoms with Crippen molar-refractivity contribution in [2.75, 3.05) is 10.6 Å². The lowest BCUT2D eigenvalue weighted by atomic mass is 10.2. The molecule has 0 atom stereocenters. The van der Waals surface area contributed by atoms with Crippen molar-refractivity contribution in [1.29, 1.82) is 0 Å². The molecule has 0 unspecified atom stereocenters. The second-order valence-electron chi connectivity index (χ2n) is 4.50. The Kier molecular flexibility index (Phi) is 4.29. The van der Waals surface area contributed by atoms with Gasteiger partial charge in [-0.05, 0) is 67.5 Å². The van der Waals surface area contributed by atoms with E-state index >= 15 is 0 Å². The number of halogens is 2. The maximum absolute atomic E-state index is 13.2. The van der Waals surface area contributed by atoms with Crippen LogP contribution in [0.5, 0.6) is 0 Å². The molecule has 0 amide bonds. The minimum absolute atomic E-state index is 0.268. The standard InChI is InChI=1S/C15H14F2N2S/c1-9-3-4-11(16)8-14(9)19-15(20)18-12-5-6-13(17)10(2)7-12/h3-8H,1-2H3,(H2,18,19,20). The van der Waals surface area contributed by atoms with Gasteiger partial charge >= 0.3 is 0 Å². The van der Waals surface area contributed by atoms with Crippen LogP contribution in [0.3, 0.4) is 0 Å². The summed E-state index contributed by atoms with van der Waals surface area (Å²) in [5, 5.41) is 6.18. The van der Waals surface area contributed by atoms with E-state index in [1.54, 1.807) is 25.1 Å². The number of hydrogen-bond acceptors (Lipinski definition) is 1. The molecule has 0 saturated carbocycles. The predicted molar refractivity (Wildman–Crippen MR) is 82.1 cm³/mol. The van der Waals surface area contributed by atoms with Crippen LogP contribution in [0.1, 0.15) is 11.1 Å². The van der Waals surface area contributed by atoms with Crippen molar-refractivity contribution < 1.29 is 8.78 Å². The molecule has 0 radical (unpaired) electrons. The lowest BCUT2D eigenvalue weighted by Crippen LogP contribution is -2.19. The van der Waals surface area contributed by atoms with Crippen LogP contribution in [0.2, 0.25) is 0 Å². The summed E-state index contributed by atoms with van der Waals surface area (Å²) in [6.45, 7) is 3.53. The van der Waals surface area contributed by atoms with Gasteiger partial charge in [0.05, 0.1) is 0 Å².